The van der Waals surface area contributed by atoms with Crippen molar-refractivity contribution in [2.45, 2.75) is 41.8 Å². The van der Waals surface area contributed by atoms with E-state index in [4.69, 9.17) is 35.5 Å². The molecule has 288 valence electrons. The average Bonchev–Trinajstić information content (AvgIpc) is 3.95. The second kappa shape index (κ2) is 17.1. The van der Waals surface area contributed by atoms with Crippen molar-refractivity contribution in [1.29, 1.82) is 0 Å². The summed E-state index contributed by atoms with van der Waals surface area (Å²) in [6.45, 7) is 1.65. The Morgan fingerprint density at radius 1 is 0.807 bits per heavy atom. The molecule has 1 N–H and O–H groups in total. The zero-order chi connectivity index (χ0) is 39.3. The molecule has 1 fully saturated rings. The maximum absolute atomic E-state index is 13.7. The molecule has 0 aliphatic carbocycles. The van der Waals surface area contributed by atoms with Crippen molar-refractivity contribution in [3.05, 3.63) is 144 Å². The van der Waals surface area contributed by atoms with Crippen LogP contribution in [-0.2, 0) is 18.9 Å². The van der Waals surface area contributed by atoms with Gasteiger partial charge in [-0.25, -0.2) is 24.4 Å². The summed E-state index contributed by atoms with van der Waals surface area (Å²) in [4.78, 5) is 58.7. The van der Waals surface area contributed by atoms with Crippen molar-refractivity contribution in [3.8, 4) is 0 Å². The second-order valence-corrected chi connectivity index (χ2v) is 15.6. The fraction of sp³-hybridized carbons (Fsp3) is 0.195. The third kappa shape index (κ3) is 8.61. The number of carbonyl (C=O) groups excluding carboxylic acids is 3. The molecule has 2 unspecified atom stereocenters. The van der Waals surface area contributed by atoms with Crippen molar-refractivity contribution in [3.63, 3.8) is 0 Å². The number of benzene rings is 4. The van der Waals surface area contributed by atoms with Crippen LogP contribution >= 0.6 is 34.7 Å². The lowest BCUT2D eigenvalue weighted by Gasteiger charge is -2.25. The Hall–Kier alpha value is -5.87. The Balaban J connectivity index is 1.11. The minimum absolute atomic E-state index is 0.0750. The van der Waals surface area contributed by atoms with Gasteiger partial charge in [-0.3, -0.25) is 4.57 Å². The molecule has 0 saturated carbocycles. The molecule has 1 aliphatic heterocycles. The third-order valence-electron chi connectivity index (χ3n) is 8.96. The number of thioether (sulfide) groups is 1. The molecule has 1 aliphatic rings. The highest BCUT2D eigenvalue weighted by Crippen LogP contribution is 2.38. The molecule has 8 rings (SSSR count). The standard InChI is InChI=1S/C41H33ClN6O7S2/c1-24(22-56-41-45-28-19-11-12-20-30(28)57-41)44-34-31-35(47-40(42)46-34)48(23-43-31)36-33(55-39(51)27-17-9-4-10-18-27)32(54-38(50)26-15-7-3-8-16-26)29(53-36)21-52-37(49)25-13-5-2-6-14-25/h2-20,23-24,29,32-33,36H,21-22H2,1H3,(H,44,46,47)/t24-,29+,32?,33?,36+/m0/s1. The zero-order valence-electron chi connectivity index (χ0n) is 30.1. The molecule has 1 saturated heterocycles. The number of nitrogens with zero attached hydrogens (tertiary/aromatic N) is 5. The molecule has 0 radical (unpaired) electrons. The Morgan fingerprint density at radius 2 is 1.40 bits per heavy atom. The van der Waals surface area contributed by atoms with Crippen molar-refractivity contribution in [1.82, 2.24) is 24.5 Å². The lowest BCUT2D eigenvalue weighted by atomic mass is 10.1. The average molecular weight is 821 g/mol. The summed E-state index contributed by atoms with van der Waals surface area (Å²) in [6, 6.07) is 33.1. The fourth-order valence-electron chi connectivity index (χ4n) is 6.24. The summed E-state index contributed by atoms with van der Waals surface area (Å²) < 4.78 is 28.0. The van der Waals surface area contributed by atoms with Gasteiger partial charge in [0, 0.05) is 11.8 Å². The number of ether oxygens (including phenoxy) is 4. The van der Waals surface area contributed by atoms with Gasteiger partial charge < -0.3 is 24.3 Å². The molecule has 16 heteroatoms. The molecular weight excluding hydrogens is 788 g/mol. The lowest BCUT2D eigenvalue weighted by molar-refractivity contribution is -0.0606. The first-order valence-corrected chi connectivity index (χ1v) is 20.0. The van der Waals surface area contributed by atoms with Crippen LogP contribution in [-0.4, -0.2) is 79.1 Å². The van der Waals surface area contributed by atoms with Gasteiger partial charge in [0.2, 0.25) is 5.28 Å². The number of hydrogen-bond donors (Lipinski definition) is 1. The number of anilines is 1. The number of rotatable bonds is 13. The van der Waals surface area contributed by atoms with Gasteiger partial charge in [-0.05, 0) is 67.1 Å². The van der Waals surface area contributed by atoms with Crippen LogP contribution in [0.1, 0.15) is 44.2 Å². The summed E-state index contributed by atoms with van der Waals surface area (Å²) in [5.41, 5.74) is 2.41. The molecular formula is C41H33ClN6O7S2. The van der Waals surface area contributed by atoms with Gasteiger partial charge in [0.05, 0.1) is 33.2 Å². The van der Waals surface area contributed by atoms with Crippen LogP contribution in [0.15, 0.2) is 126 Å². The second-order valence-electron chi connectivity index (χ2n) is 13.0. The van der Waals surface area contributed by atoms with E-state index in [2.05, 4.69) is 20.3 Å². The lowest BCUT2D eigenvalue weighted by Crippen LogP contribution is -2.41. The van der Waals surface area contributed by atoms with E-state index in [9.17, 15) is 14.4 Å². The van der Waals surface area contributed by atoms with Crippen LogP contribution in [0.4, 0.5) is 5.82 Å². The summed E-state index contributed by atoms with van der Waals surface area (Å²) >= 11 is 9.78. The van der Waals surface area contributed by atoms with Crippen molar-refractivity contribution in [2.24, 2.45) is 0 Å². The molecule has 7 aromatic rings. The smallest absolute Gasteiger partial charge is 0.338 e. The van der Waals surface area contributed by atoms with Gasteiger partial charge in [-0.2, -0.15) is 9.97 Å². The summed E-state index contributed by atoms with van der Waals surface area (Å²) in [6.07, 6.45) is -3.36. The van der Waals surface area contributed by atoms with Crippen LogP contribution in [0.25, 0.3) is 21.4 Å². The van der Waals surface area contributed by atoms with E-state index < -0.39 is 42.4 Å². The molecule has 3 aromatic heterocycles. The highest BCUT2D eigenvalue weighted by Gasteiger charge is 2.52. The van der Waals surface area contributed by atoms with Gasteiger partial charge in [-0.1, -0.05) is 78.5 Å². The van der Waals surface area contributed by atoms with Gasteiger partial charge in [0.25, 0.3) is 0 Å². The molecule has 4 heterocycles. The number of nitrogens with one attached hydrogen (secondary N) is 1. The first kappa shape index (κ1) is 38.0. The number of fused-ring (bicyclic) bond motifs is 2. The summed E-state index contributed by atoms with van der Waals surface area (Å²) in [5, 5.41) is 3.33. The van der Waals surface area contributed by atoms with Gasteiger partial charge in [0.15, 0.2) is 39.8 Å². The molecule has 5 atom stereocenters. The van der Waals surface area contributed by atoms with Gasteiger partial charge in [-0.15, -0.1) is 11.3 Å². The third-order valence-corrected chi connectivity index (χ3v) is 11.6. The van der Waals surface area contributed by atoms with E-state index in [1.165, 1.54) is 6.33 Å². The minimum atomic E-state index is -1.28. The van der Waals surface area contributed by atoms with E-state index in [0.717, 1.165) is 14.6 Å². The van der Waals surface area contributed by atoms with E-state index in [1.54, 1.807) is 119 Å². The van der Waals surface area contributed by atoms with E-state index in [1.807, 2.05) is 31.2 Å². The monoisotopic (exact) mass is 820 g/mol. The zero-order valence-corrected chi connectivity index (χ0v) is 32.5. The van der Waals surface area contributed by atoms with E-state index >= 15 is 0 Å². The number of imidazole rings is 1. The Morgan fingerprint density at radius 3 is 2.05 bits per heavy atom. The Labute approximate surface area is 339 Å². The van der Waals surface area contributed by atoms with Crippen molar-refractivity contribution in [2.75, 3.05) is 17.7 Å². The molecule has 0 spiro atoms. The topological polar surface area (TPSA) is 157 Å². The predicted molar refractivity (Wildman–Crippen MR) is 216 cm³/mol. The predicted octanol–water partition coefficient (Wildman–Crippen LogP) is 7.89. The number of hydrogen-bond acceptors (Lipinski definition) is 14. The highest BCUT2D eigenvalue weighted by atomic mass is 35.5. The van der Waals surface area contributed by atoms with Gasteiger partial charge >= 0.3 is 17.9 Å². The van der Waals surface area contributed by atoms with Crippen molar-refractivity contribution < 1.29 is 33.3 Å². The van der Waals surface area contributed by atoms with Crippen LogP contribution < -0.4 is 5.32 Å². The molecule has 57 heavy (non-hydrogen) atoms. The SMILES string of the molecule is C[C@@H](CSc1nc2ccccc2s1)Nc1nc(Cl)nc2c1ncn2[C@@H]1O[C@H](COC(=O)c2ccccc2)C(OC(=O)c2ccccc2)C1OC(=O)c1ccccc1. The van der Waals surface area contributed by atoms with Gasteiger partial charge in [0.1, 0.15) is 12.7 Å². The quantitative estimate of drug-likeness (QED) is 0.0519. The number of carbonyl (C=O) groups is 3. The van der Waals surface area contributed by atoms with Crippen LogP contribution in [0.5, 0.6) is 0 Å². The van der Waals surface area contributed by atoms with Crippen LogP contribution in [0.2, 0.25) is 5.28 Å². The maximum Gasteiger partial charge on any atom is 0.338 e. The number of para-hydroxylation sites is 1. The Bertz CT molecular complexity index is 2490. The van der Waals surface area contributed by atoms with E-state index in [0.29, 0.717) is 22.7 Å². The van der Waals surface area contributed by atoms with E-state index in [-0.39, 0.29) is 34.7 Å². The first-order valence-electron chi connectivity index (χ1n) is 17.9. The minimum Gasteiger partial charge on any atom is -0.459 e. The summed E-state index contributed by atoms with van der Waals surface area (Å²) in [7, 11) is 0. The summed E-state index contributed by atoms with van der Waals surface area (Å²) in [5.74, 6) is -0.986. The van der Waals surface area contributed by atoms with Crippen LogP contribution in [0.3, 0.4) is 0 Å². The molecule has 4 aromatic carbocycles. The maximum atomic E-state index is 13.7. The normalized spacial score (nSPS) is 18.3. The largest absolute Gasteiger partial charge is 0.459 e. The number of halogens is 1. The fourth-order valence-corrected chi connectivity index (χ4v) is 8.45. The highest BCUT2D eigenvalue weighted by molar-refractivity contribution is 8.01. The molecule has 0 bridgehead atoms. The number of thiazole rings is 1. The number of aromatic nitrogens is 5. The van der Waals surface area contributed by atoms with Crippen LogP contribution in [0, 0.1) is 0 Å². The number of esters is 3. The molecule has 13 nitrogen and oxygen atoms in total. The first-order chi connectivity index (χ1) is 27.8. The molecule has 0 amide bonds. The van der Waals surface area contributed by atoms with Crippen molar-refractivity contribution >= 4 is 79.8 Å². The Kier molecular flexibility index (Phi) is 11.4.